The molecule has 0 spiro atoms. The second-order valence-electron chi connectivity index (χ2n) is 5.97. The second kappa shape index (κ2) is 6.09. The third-order valence-electron chi connectivity index (χ3n) is 4.25. The number of hydrogen-bond acceptors (Lipinski definition) is 4. The summed E-state index contributed by atoms with van der Waals surface area (Å²) in [5, 5.41) is 14.9. The zero-order valence-electron chi connectivity index (χ0n) is 13.8. The van der Waals surface area contributed by atoms with E-state index in [-0.39, 0.29) is 17.1 Å². The lowest BCUT2D eigenvalue weighted by molar-refractivity contribution is 0.169. The predicted octanol–water partition coefficient (Wildman–Crippen LogP) is 1.77. The lowest BCUT2D eigenvalue weighted by Crippen LogP contribution is -2.23. The molecule has 0 radical (unpaired) electrons. The zero-order chi connectivity index (χ0) is 17.4. The molecule has 3 N–H and O–H groups in total. The SMILES string of the molecule is CC[C@H](O)c1nn([C@H](C)c2ccc(C)cc2)c2[nH]c(=O)[nH]c(=O)c12. The Morgan fingerprint density at radius 1 is 1.21 bits per heavy atom. The molecule has 2 atom stereocenters. The lowest BCUT2D eigenvalue weighted by atomic mass is 10.1. The van der Waals surface area contributed by atoms with Gasteiger partial charge in [-0.3, -0.25) is 14.8 Å². The normalized spacial score (nSPS) is 14.0. The van der Waals surface area contributed by atoms with Crippen molar-refractivity contribution in [3.05, 3.63) is 61.9 Å². The average Bonchev–Trinajstić information content (AvgIpc) is 2.93. The summed E-state index contributed by atoms with van der Waals surface area (Å²) in [6.07, 6.45) is -0.449. The largest absolute Gasteiger partial charge is 0.387 e. The van der Waals surface area contributed by atoms with E-state index in [1.54, 1.807) is 11.6 Å². The number of aryl methyl sites for hydroxylation is 1. The standard InChI is InChI=1S/C17H20N4O3/c1-4-12(22)14-13-15(18-17(24)19-16(13)23)21(20-14)10(3)11-7-5-9(2)6-8-11/h5-8,10,12,22H,4H2,1-3H3,(H2,18,19,23,24)/t10-,12+/m1/s1. The monoisotopic (exact) mass is 328 g/mol. The highest BCUT2D eigenvalue weighted by Gasteiger charge is 2.23. The van der Waals surface area contributed by atoms with Gasteiger partial charge >= 0.3 is 5.69 Å². The van der Waals surface area contributed by atoms with Crippen molar-refractivity contribution in [2.75, 3.05) is 0 Å². The summed E-state index contributed by atoms with van der Waals surface area (Å²) in [4.78, 5) is 28.8. The van der Waals surface area contributed by atoms with Crippen molar-refractivity contribution in [2.24, 2.45) is 0 Å². The van der Waals surface area contributed by atoms with E-state index in [4.69, 9.17) is 0 Å². The molecule has 3 rings (SSSR count). The number of hydrogen-bond donors (Lipinski definition) is 3. The molecular weight excluding hydrogens is 308 g/mol. The first kappa shape index (κ1) is 16.2. The van der Waals surface area contributed by atoms with Crippen LogP contribution in [0.2, 0.25) is 0 Å². The number of benzene rings is 1. The quantitative estimate of drug-likeness (QED) is 0.679. The van der Waals surface area contributed by atoms with Crippen molar-refractivity contribution in [3.8, 4) is 0 Å². The summed E-state index contributed by atoms with van der Waals surface area (Å²) >= 11 is 0. The number of aliphatic hydroxyl groups excluding tert-OH is 1. The topological polar surface area (TPSA) is 104 Å². The fourth-order valence-corrected chi connectivity index (χ4v) is 2.79. The van der Waals surface area contributed by atoms with Crippen molar-refractivity contribution in [1.82, 2.24) is 19.7 Å². The Morgan fingerprint density at radius 2 is 1.88 bits per heavy atom. The Bertz CT molecular complexity index is 982. The van der Waals surface area contributed by atoms with Crippen LogP contribution >= 0.6 is 0 Å². The van der Waals surface area contributed by atoms with Crippen LogP contribution in [0.1, 0.15) is 49.2 Å². The average molecular weight is 328 g/mol. The molecule has 0 aliphatic rings. The maximum Gasteiger partial charge on any atom is 0.327 e. The van der Waals surface area contributed by atoms with Gasteiger partial charge in [-0.15, -0.1) is 0 Å². The van der Waals surface area contributed by atoms with E-state index in [9.17, 15) is 14.7 Å². The van der Waals surface area contributed by atoms with Gasteiger partial charge in [0, 0.05) is 0 Å². The molecule has 0 saturated carbocycles. The number of aliphatic hydroxyl groups is 1. The van der Waals surface area contributed by atoms with Crippen molar-refractivity contribution < 1.29 is 5.11 Å². The van der Waals surface area contributed by atoms with Gasteiger partial charge in [0.2, 0.25) is 0 Å². The smallest absolute Gasteiger partial charge is 0.327 e. The van der Waals surface area contributed by atoms with Crippen molar-refractivity contribution in [1.29, 1.82) is 0 Å². The Morgan fingerprint density at radius 3 is 2.50 bits per heavy atom. The minimum atomic E-state index is -0.869. The first-order chi connectivity index (χ1) is 11.4. The zero-order valence-corrected chi connectivity index (χ0v) is 13.8. The van der Waals surface area contributed by atoms with E-state index >= 15 is 0 Å². The Labute approximate surface area is 138 Å². The highest BCUT2D eigenvalue weighted by atomic mass is 16.3. The minimum Gasteiger partial charge on any atom is -0.387 e. The fraction of sp³-hybridized carbons (Fsp3) is 0.353. The molecule has 0 saturated heterocycles. The summed E-state index contributed by atoms with van der Waals surface area (Å²) in [7, 11) is 0. The fourth-order valence-electron chi connectivity index (χ4n) is 2.79. The Kier molecular flexibility index (Phi) is 4.11. The second-order valence-corrected chi connectivity index (χ2v) is 5.97. The van der Waals surface area contributed by atoms with E-state index in [2.05, 4.69) is 15.1 Å². The molecule has 7 nitrogen and oxygen atoms in total. The first-order valence-electron chi connectivity index (χ1n) is 7.91. The summed E-state index contributed by atoms with van der Waals surface area (Å²) in [5.41, 5.74) is 1.59. The van der Waals surface area contributed by atoms with E-state index in [1.165, 1.54) is 0 Å². The van der Waals surface area contributed by atoms with Gasteiger partial charge in [-0.1, -0.05) is 36.8 Å². The van der Waals surface area contributed by atoms with Gasteiger partial charge in [-0.25, -0.2) is 9.48 Å². The molecule has 2 heterocycles. The van der Waals surface area contributed by atoms with Gasteiger partial charge in [0.25, 0.3) is 5.56 Å². The molecule has 1 aromatic carbocycles. The number of H-pyrrole nitrogens is 2. The Hall–Kier alpha value is -2.67. The third-order valence-corrected chi connectivity index (χ3v) is 4.25. The molecule has 24 heavy (non-hydrogen) atoms. The molecule has 0 aliphatic heterocycles. The van der Waals surface area contributed by atoms with Crippen LogP contribution in [0.4, 0.5) is 0 Å². The number of nitrogens with zero attached hydrogens (tertiary/aromatic N) is 2. The van der Waals surface area contributed by atoms with Crippen LogP contribution in [0, 0.1) is 6.92 Å². The highest BCUT2D eigenvalue weighted by Crippen LogP contribution is 2.26. The summed E-state index contributed by atoms with van der Waals surface area (Å²) in [5.74, 6) is 0. The van der Waals surface area contributed by atoms with E-state index < -0.39 is 17.4 Å². The minimum absolute atomic E-state index is 0.205. The molecule has 0 bridgehead atoms. The van der Waals surface area contributed by atoms with E-state index in [0.717, 1.165) is 11.1 Å². The lowest BCUT2D eigenvalue weighted by Gasteiger charge is -2.14. The third kappa shape index (κ3) is 2.67. The van der Waals surface area contributed by atoms with Crippen LogP contribution in [0.25, 0.3) is 11.0 Å². The molecule has 2 aromatic heterocycles. The van der Waals surface area contributed by atoms with E-state index in [1.807, 2.05) is 38.1 Å². The molecule has 0 aliphatic carbocycles. The van der Waals surface area contributed by atoms with Gasteiger partial charge in [0.05, 0.1) is 12.1 Å². The molecule has 0 unspecified atom stereocenters. The highest BCUT2D eigenvalue weighted by molar-refractivity contribution is 5.77. The van der Waals surface area contributed by atoms with Gasteiger partial charge in [-0.05, 0) is 25.8 Å². The molecule has 0 amide bonds. The van der Waals surface area contributed by atoms with Crippen molar-refractivity contribution >= 4 is 11.0 Å². The van der Waals surface area contributed by atoms with Crippen LogP contribution in [-0.4, -0.2) is 24.9 Å². The van der Waals surface area contributed by atoms with Crippen LogP contribution in [-0.2, 0) is 0 Å². The predicted molar refractivity (Wildman–Crippen MR) is 91.2 cm³/mol. The molecule has 7 heteroatoms. The van der Waals surface area contributed by atoms with Crippen LogP contribution < -0.4 is 11.2 Å². The molecule has 126 valence electrons. The Balaban J connectivity index is 2.26. The number of aromatic nitrogens is 4. The molecule has 3 aromatic rings. The van der Waals surface area contributed by atoms with Gasteiger partial charge in [-0.2, -0.15) is 5.10 Å². The number of fused-ring (bicyclic) bond motifs is 1. The maximum atomic E-state index is 12.2. The van der Waals surface area contributed by atoms with E-state index in [0.29, 0.717) is 12.1 Å². The van der Waals surface area contributed by atoms with Crippen LogP contribution in [0.5, 0.6) is 0 Å². The summed E-state index contributed by atoms with van der Waals surface area (Å²) in [6, 6.07) is 7.75. The van der Waals surface area contributed by atoms with Gasteiger partial charge < -0.3 is 5.11 Å². The molecule has 0 fully saturated rings. The van der Waals surface area contributed by atoms with Gasteiger partial charge in [0.15, 0.2) is 0 Å². The number of rotatable bonds is 4. The van der Waals surface area contributed by atoms with Gasteiger partial charge in [0.1, 0.15) is 16.7 Å². The summed E-state index contributed by atoms with van der Waals surface area (Å²) < 4.78 is 1.59. The van der Waals surface area contributed by atoms with Crippen LogP contribution in [0.3, 0.4) is 0 Å². The first-order valence-corrected chi connectivity index (χ1v) is 7.91. The number of aromatic amines is 2. The number of nitrogens with one attached hydrogen (secondary N) is 2. The maximum absolute atomic E-state index is 12.2. The molecular formula is C17H20N4O3. The summed E-state index contributed by atoms with van der Waals surface area (Å²) in [6.45, 7) is 5.74. The van der Waals surface area contributed by atoms with Crippen molar-refractivity contribution in [3.63, 3.8) is 0 Å². The van der Waals surface area contributed by atoms with Crippen LogP contribution in [0.15, 0.2) is 33.9 Å². The van der Waals surface area contributed by atoms with Crippen molar-refractivity contribution in [2.45, 2.75) is 39.3 Å².